The van der Waals surface area contributed by atoms with Crippen LogP contribution in [-0.2, 0) is 0 Å². The Bertz CT molecular complexity index is 662. The summed E-state index contributed by atoms with van der Waals surface area (Å²) in [7, 11) is 0. The summed E-state index contributed by atoms with van der Waals surface area (Å²) in [5.41, 5.74) is 6.33. The summed E-state index contributed by atoms with van der Waals surface area (Å²) < 4.78 is 1.32. The zero-order valence-electron chi connectivity index (χ0n) is 10.5. The molecule has 0 saturated carbocycles. The molecule has 0 amide bonds. The Kier molecular flexibility index (Phi) is 2.20. The summed E-state index contributed by atoms with van der Waals surface area (Å²) in [6.07, 6.45) is 4.35. The average molecular weight is 260 g/mol. The van der Waals surface area contributed by atoms with Crippen LogP contribution in [0.5, 0.6) is 0 Å². The molecule has 7 heteroatoms. The van der Waals surface area contributed by atoms with E-state index in [1.807, 2.05) is 12.1 Å². The maximum absolute atomic E-state index is 11.6. The molecule has 2 atom stereocenters. The minimum absolute atomic E-state index is 0.294. The smallest absolute Gasteiger partial charge is 0.349 e. The summed E-state index contributed by atoms with van der Waals surface area (Å²) in [5.74, 6) is 0.857. The Balaban J connectivity index is 1.78. The summed E-state index contributed by atoms with van der Waals surface area (Å²) in [5, 5.41) is 10.7. The first-order valence-electron chi connectivity index (χ1n) is 6.71. The Morgan fingerprint density at radius 3 is 2.74 bits per heavy atom. The molecule has 4 heterocycles. The maximum Gasteiger partial charge on any atom is 0.364 e. The van der Waals surface area contributed by atoms with Gasteiger partial charge in [-0.15, -0.1) is 5.10 Å². The van der Waals surface area contributed by atoms with E-state index in [9.17, 15) is 4.79 Å². The number of hydrogen-bond donors (Lipinski definition) is 2. The molecular weight excluding hydrogens is 244 g/mol. The molecule has 2 aliphatic heterocycles. The van der Waals surface area contributed by atoms with Gasteiger partial charge in [0.1, 0.15) is 5.82 Å². The van der Waals surface area contributed by atoms with Crippen molar-refractivity contribution in [2.75, 3.05) is 4.90 Å². The number of aromatic nitrogens is 4. The molecule has 2 bridgehead atoms. The van der Waals surface area contributed by atoms with Gasteiger partial charge in [0.15, 0.2) is 5.65 Å². The number of piperidine rings is 1. The third-order valence-corrected chi connectivity index (χ3v) is 4.29. The highest BCUT2D eigenvalue weighted by molar-refractivity contribution is 5.48. The Labute approximate surface area is 109 Å². The molecule has 4 rings (SSSR count). The number of H-pyrrole nitrogens is 1. The van der Waals surface area contributed by atoms with Gasteiger partial charge in [-0.3, -0.25) is 0 Å². The van der Waals surface area contributed by atoms with Crippen LogP contribution in [0.2, 0.25) is 0 Å². The van der Waals surface area contributed by atoms with Gasteiger partial charge in [-0.05, 0) is 37.8 Å². The molecule has 2 aromatic heterocycles. The zero-order valence-corrected chi connectivity index (χ0v) is 10.5. The molecule has 19 heavy (non-hydrogen) atoms. The third-order valence-electron chi connectivity index (χ3n) is 4.29. The summed E-state index contributed by atoms with van der Waals surface area (Å²) in [4.78, 5) is 13.9. The van der Waals surface area contributed by atoms with Crippen LogP contribution in [0.25, 0.3) is 5.65 Å². The van der Waals surface area contributed by atoms with Gasteiger partial charge in [-0.1, -0.05) is 0 Å². The van der Waals surface area contributed by atoms with Crippen molar-refractivity contribution in [1.29, 1.82) is 0 Å². The van der Waals surface area contributed by atoms with E-state index >= 15 is 0 Å². The van der Waals surface area contributed by atoms with Crippen LogP contribution in [0, 0.1) is 0 Å². The first-order valence-corrected chi connectivity index (χ1v) is 6.71. The quantitative estimate of drug-likeness (QED) is 0.745. The fourth-order valence-corrected chi connectivity index (χ4v) is 3.52. The van der Waals surface area contributed by atoms with Crippen LogP contribution < -0.4 is 16.3 Å². The first-order chi connectivity index (χ1) is 9.22. The van der Waals surface area contributed by atoms with Crippen molar-refractivity contribution in [1.82, 2.24) is 19.8 Å². The summed E-state index contributed by atoms with van der Waals surface area (Å²) in [6.45, 7) is 0. The zero-order chi connectivity index (χ0) is 13.0. The van der Waals surface area contributed by atoms with Gasteiger partial charge in [0.2, 0.25) is 0 Å². The average Bonchev–Trinajstić information content (AvgIpc) is 2.89. The van der Waals surface area contributed by atoms with Crippen LogP contribution >= 0.6 is 0 Å². The van der Waals surface area contributed by atoms with Gasteiger partial charge < -0.3 is 10.6 Å². The van der Waals surface area contributed by atoms with Crippen molar-refractivity contribution in [3.63, 3.8) is 0 Å². The lowest BCUT2D eigenvalue weighted by Crippen LogP contribution is -2.48. The highest BCUT2D eigenvalue weighted by Crippen LogP contribution is 2.37. The predicted octanol–water partition coefficient (Wildman–Crippen LogP) is -0.124. The van der Waals surface area contributed by atoms with Crippen LogP contribution in [0.15, 0.2) is 16.9 Å². The summed E-state index contributed by atoms with van der Waals surface area (Å²) >= 11 is 0. The molecule has 0 aromatic carbocycles. The van der Waals surface area contributed by atoms with E-state index in [1.54, 1.807) is 0 Å². The molecule has 2 saturated heterocycles. The lowest BCUT2D eigenvalue weighted by Gasteiger charge is -2.38. The second-order valence-electron chi connectivity index (χ2n) is 5.51. The minimum Gasteiger partial charge on any atom is -0.349 e. The molecule has 0 radical (unpaired) electrons. The van der Waals surface area contributed by atoms with Crippen molar-refractivity contribution in [2.24, 2.45) is 5.73 Å². The van der Waals surface area contributed by atoms with Crippen LogP contribution in [0.4, 0.5) is 5.82 Å². The molecule has 2 fully saturated rings. The normalized spacial score (nSPS) is 30.2. The van der Waals surface area contributed by atoms with Crippen molar-refractivity contribution in [2.45, 2.75) is 43.8 Å². The number of rotatable bonds is 1. The SMILES string of the molecule is NC1CC2CCC(C1)N2c1ccc2n[nH]c(=O)n2n1. The topological polar surface area (TPSA) is 92.3 Å². The molecule has 100 valence electrons. The lowest BCUT2D eigenvalue weighted by molar-refractivity contribution is 0.410. The van der Waals surface area contributed by atoms with Crippen molar-refractivity contribution < 1.29 is 0 Å². The van der Waals surface area contributed by atoms with Crippen LogP contribution in [-0.4, -0.2) is 37.9 Å². The van der Waals surface area contributed by atoms with Crippen molar-refractivity contribution >= 4 is 11.5 Å². The number of nitrogens with two attached hydrogens (primary N) is 1. The highest BCUT2D eigenvalue weighted by atomic mass is 16.2. The van der Waals surface area contributed by atoms with E-state index in [0.29, 0.717) is 23.8 Å². The molecule has 2 aromatic rings. The molecule has 0 spiro atoms. The van der Waals surface area contributed by atoms with Crippen LogP contribution in [0.3, 0.4) is 0 Å². The molecule has 2 aliphatic rings. The number of nitrogens with zero attached hydrogens (tertiary/aromatic N) is 4. The lowest BCUT2D eigenvalue weighted by atomic mass is 9.98. The van der Waals surface area contributed by atoms with Gasteiger partial charge in [0.25, 0.3) is 0 Å². The van der Waals surface area contributed by atoms with E-state index in [0.717, 1.165) is 18.7 Å². The largest absolute Gasteiger partial charge is 0.364 e. The van der Waals surface area contributed by atoms with Gasteiger partial charge in [0, 0.05) is 18.1 Å². The number of anilines is 1. The third kappa shape index (κ3) is 1.58. The number of aromatic amines is 1. The van der Waals surface area contributed by atoms with E-state index in [1.165, 1.54) is 17.4 Å². The minimum atomic E-state index is -0.294. The molecule has 7 nitrogen and oxygen atoms in total. The summed E-state index contributed by atoms with van der Waals surface area (Å²) in [6, 6.07) is 4.99. The molecule has 0 aliphatic carbocycles. The fraction of sp³-hybridized carbons (Fsp3) is 0.583. The van der Waals surface area contributed by atoms with Gasteiger partial charge in [-0.25, -0.2) is 9.89 Å². The van der Waals surface area contributed by atoms with E-state index in [-0.39, 0.29) is 5.69 Å². The number of hydrogen-bond acceptors (Lipinski definition) is 5. The monoisotopic (exact) mass is 260 g/mol. The fourth-order valence-electron chi connectivity index (χ4n) is 3.52. The number of fused-ring (bicyclic) bond motifs is 3. The molecular formula is C12H16N6O. The second kappa shape index (κ2) is 3.80. The Morgan fingerprint density at radius 1 is 1.26 bits per heavy atom. The van der Waals surface area contributed by atoms with Gasteiger partial charge in [0.05, 0.1) is 0 Å². The molecule has 2 unspecified atom stereocenters. The van der Waals surface area contributed by atoms with Crippen molar-refractivity contribution in [3.8, 4) is 0 Å². The Morgan fingerprint density at radius 2 is 2.00 bits per heavy atom. The second-order valence-corrected chi connectivity index (χ2v) is 5.51. The first kappa shape index (κ1) is 11.0. The van der Waals surface area contributed by atoms with Crippen LogP contribution in [0.1, 0.15) is 25.7 Å². The highest BCUT2D eigenvalue weighted by Gasteiger charge is 2.40. The van der Waals surface area contributed by atoms with E-state index in [4.69, 9.17) is 5.73 Å². The number of nitrogens with one attached hydrogen (secondary N) is 1. The standard InChI is InChI=1S/C12H16N6O/c13-7-5-8-1-2-9(6-7)17(8)11-4-3-10-14-15-12(19)18(10)16-11/h3-4,7-9H,1-2,5-6,13H2,(H,15,19). The van der Waals surface area contributed by atoms with E-state index < -0.39 is 0 Å². The van der Waals surface area contributed by atoms with E-state index in [2.05, 4.69) is 20.2 Å². The predicted molar refractivity (Wildman–Crippen MR) is 70.1 cm³/mol. The maximum atomic E-state index is 11.6. The van der Waals surface area contributed by atoms with Gasteiger partial charge in [-0.2, -0.15) is 9.61 Å². The van der Waals surface area contributed by atoms with Crippen molar-refractivity contribution in [3.05, 3.63) is 22.6 Å². The molecule has 3 N–H and O–H groups in total. The Hall–Kier alpha value is -1.89. The van der Waals surface area contributed by atoms with Gasteiger partial charge >= 0.3 is 5.69 Å².